The zero-order valence-corrected chi connectivity index (χ0v) is 37.7. The molecule has 302 valence electrons. The van der Waals surface area contributed by atoms with Gasteiger partial charge in [-0.25, -0.2) is 0 Å². The van der Waals surface area contributed by atoms with Crippen molar-refractivity contribution in [3.8, 4) is 22.3 Å². The molecule has 1 aliphatic carbocycles. The molecule has 3 heterocycles. The number of nitrogens with zero attached hydrogens (tertiary/aromatic N) is 1. The minimum absolute atomic E-state index is 0.0124. The Morgan fingerprint density at radius 2 is 1.27 bits per heavy atom. The van der Waals surface area contributed by atoms with Gasteiger partial charge in [-0.05, 0) is 135 Å². The summed E-state index contributed by atoms with van der Waals surface area (Å²) in [7, 11) is 0. The maximum Gasteiger partial charge on any atom is 0.297 e. The molecule has 2 aliphatic heterocycles. The lowest BCUT2D eigenvalue weighted by atomic mass is 9.35. The topological polar surface area (TPSA) is 28.4 Å². The van der Waals surface area contributed by atoms with Crippen molar-refractivity contribution in [3.05, 3.63) is 143 Å². The number of hydrogen-bond acceptors (Lipinski definition) is 3. The fourth-order valence-corrected chi connectivity index (χ4v) is 10.5. The fourth-order valence-electron chi connectivity index (χ4n) is 10.5. The monoisotopic (exact) mass is 786 g/mol. The zero-order valence-electron chi connectivity index (χ0n) is 37.7. The molecule has 6 aromatic carbocycles. The molecule has 0 spiro atoms. The summed E-state index contributed by atoms with van der Waals surface area (Å²) in [4.78, 5) is 2.62. The highest BCUT2D eigenvalue weighted by molar-refractivity contribution is 7.00. The second-order valence-electron chi connectivity index (χ2n) is 21.5. The number of rotatable bonds is 3. The minimum atomic E-state index is -0.112. The van der Waals surface area contributed by atoms with E-state index in [1.54, 1.807) is 0 Å². The second-order valence-corrected chi connectivity index (χ2v) is 21.5. The summed E-state index contributed by atoms with van der Waals surface area (Å²) in [6, 6.07) is 41.8. The van der Waals surface area contributed by atoms with Gasteiger partial charge in [0.2, 0.25) is 0 Å². The fraction of sp³-hybridized carbons (Fsp3) is 0.321. The van der Waals surface area contributed by atoms with E-state index in [1.165, 1.54) is 89.3 Å². The number of benzene rings is 6. The van der Waals surface area contributed by atoms with E-state index >= 15 is 0 Å². The molecule has 0 radical (unpaired) electrons. The van der Waals surface area contributed by atoms with Crippen molar-refractivity contribution in [1.82, 2.24) is 0 Å². The molecule has 10 rings (SSSR count). The van der Waals surface area contributed by atoms with Crippen LogP contribution in [0.25, 0.3) is 33.2 Å². The van der Waals surface area contributed by atoms with Crippen LogP contribution in [0.5, 0.6) is 0 Å². The van der Waals surface area contributed by atoms with Crippen LogP contribution in [0.15, 0.2) is 114 Å². The Kier molecular flexibility index (Phi) is 8.40. The molecule has 4 heteroatoms. The van der Waals surface area contributed by atoms with Gasteiger partial charge in [0.15, 0.2) is 0 Å². The molecule has 60 heavy (non-hydrogen) atoms. The molecule has 0 saturated carbocycles. The van der Waals surface area contributed by atoms with Gasteiger partial charge in [-0.2, -0.15) is 0 Å². The average molecular weight is 787 g/mol. The first-order valence-corrected chi connectivity index (χ1v) is 22.1. The molecule has 1 N–H and O–H groups in total. The van der Waals surface area contributed by atoms with E-state index in [-0.39, 0.29) is 28.4 Å². The molecule has 0 saturated heterocycles. The van der Waals surface area contributed by atoms with E-state index in [9.17, 15) is 0 Å². The van der Waals surface area contributed by atoms with Gasteiger partial charge < -0.3 is 14.6 Å². The first-order chi connectivity index (χ1) is 28.3. The van der Waals surface area contributed by atoms with Crippen LogP contribution in [0.1, 0.15) is 115 Å². The van der Waals surface area contributed by atoms with Gasteiger partial charge >= 0.3 is 0 Å². The molecule has 0 atom stereocenters. The van der Waals surface area contributed by atoms with E-state index < -0.39 is 0 Å². The van der Waals surface area contributed by atoms with Crippen LogP contribution in [0.2, 0.25) is 0 Å². The van der Waals surface area contributed by atoms with Crippen molar-refractivity contribution in [1.29, 1.82) is 0 Å². The minimum Gasteiger partial charge on any atom is -0.468 e. The Hall–Kier alpha value is -5.48. The summed E-state index contributed by atoms with van der Waals surface area (Å²) in [6.07, 6.45) is 2.30. The van der Waals surface area contributed by atoms with E-state index in [2.05, 4.69) is 202 Å². The Bertz CT molecular complexity index is 2880. The van der Waals surface area contributed by atoms with Crippen molar-refractivity contribution >= 4 is 62.7 Å². The third-order valence-corrected chi connectivity index (χ3v) is 14.2. The molecule has 0 bridgehead atoms. The van der Waals surface area contributed by atoms with E-state index in [0.717, 1.165) is 35.2 Å². The Morgan fingerprint density at radius 1 is 0.617 bits per heavy atom. The molecule has 0 amide bonds. The number of fused-ring (bicyclic) bond motifs is 7. The lowest BCUT2D eigenvalue weighted by Gasteiger charge is -2.46. The van der Waals surface area contributed by atoms with Crippen LogP contribution < -0.4 is 26.8 Å². The predicted octanol–water partition coefficient (Wildman–Crippen LogP) is 13.7. The molecule has 1 aromatic heterocycles. The highest BCUT2D eigenvalue weighted by atomic mass is 16.3. The summed E-state index contributed by atoms with van der Waals surface area (Å²) >= 11 is 0. The van der Waals surface area contributed by atoms with Crippen molar-refractivity contribution in [2.24, 2.45) is 0 Å². The Morgan fingerprint density at radius 3 is 1.93 bits per heavy atom. The third-order valence-electron chi connectivity index (χ3n) is 14.2. The maximum absolute atomic E-state index is 7.12. The smallest absolute Gasteiger partial charge is 0.297 e. The zero-order chi connectivity index (χ0) is 42.3. The van der Waals surface area contributed by atoms with Gasteiger partial charge in [-0.1, -0.05) is 148 Å². The molecule has 7 aromatic rings. The van der Waals surface area contributed by atoms with Gasteiger partial charge in [0.25, 0.3) is 6.71 Å². The second kappa shape index (κ2) is 13.0. The molecule has 0 unspecified atom stereocenters. The number of anilines is 5. The van der Waals surface area contributed by atoms with Crippen LogP contribution in [0.4, 0.5) is 28.4 Å². The largest absolute Gasteiger partial charge is 0.468 e. The van der Waals surface area contributed by atoms with Crippen LogP contribution in [-0.2, 0) is 21.7 Å². The van der Waals surface area contributed by atoms with Crippen LogP contribution in [0.3, 0.4) is 0 Å². The van der Waals surface area contributed by atoms with E-state index in [0.29, 0.717) is 0 Å². The number of aryl methyl sites for hydroxylation is 2. The maximum atomic E-state index is 7.12. The first-order valence-electron chi connectivity index (χ1n) is 22.1. The van der Waals surface area contributed by atoms with Crippen LogP contribution >= 0.6 is 0 Å². The standard InChI is InChI=1S/C56H59BN2O/c1-33-18-25-47-40(28-33)50-52(60-47)57-43-31-41-42(56(11,12)27-26-55(41,9)10)32-45(43)59(44-24-23-38(54(6,7)8)30-39(44)35-16-14-13-15-17-35)46-29-34(2)48(51(58-50)49(46)57)36-19-21-37(22-20-36)53(3,4)5/h13-25,28-32,58H,26-27H2,1-12H3. The Balaban J connectivity index is 1.35. The van der Waals surface area contributed by atoms with Crippen molar-refractivity contribution in [3.63, 3.8) is 0 Å². The van der Waals surface area contributed by atoms with Gasteiger partial charge in [-0.3, -0.25) is 0 Å². The highest BCUT2D eigenvalue weighted by Crippen LogP contribution is 2.52. The number of hydrogen-bond donors (Lipinski definition) is 1. The summed E-state index contributed by atoms with van der Waals surface area (Å²) in [5, 5.41) is 5.27. The average Bonchev–Trinajstić information content (AvgIpc) is 3.56. The van der Waals surface area contributed by atoms with Gasteiger partial charge in [0.1, 0.15) is 5.58 Å². The third kappa shape index (κ3) is 5.92. The van der Waals surface area contributed by atoms with Gasteiger partial charge in [0.05, 0.1) is 17.0 Å². The van der Waals surface area contributed by atoms with Crippen molar-refractivity contribution in [2.75, 3.05) is 10.2 Å². The number of nitrogens with one attached hydrogen (secondary N) is 1. The normalized spacial score (nSPS) is 16.2. The molecule has 3 nitrogen and oxygen atoms in total. The summed E-state index contributed by atoms with van der Waals surface area (Å²) in [5.74, 6) is 0. The highest BCUT2D eigenvalue weighted by Gasteiger charge is 2.48. The van der Waals surface area contributed by atoms with E-state index in [4.69, 9.17) is 4.42 Å². The summed E-state index contributed by atoms with van der Waals surface area (Å²) < 4.78 is 7.12. The lowest BCUT2D eigenvalue weighted by Crippen LogP contribution is -2.60. The van der Waals surface area contributed by atoms with Crippen molar-refractivity contribution < 1.29 is 4.42 Å². The molecule has 3 aliphatic rings. The molecular formula is C56H59BN2O. The Labute approximate surface area is 358 Å². The molecular weight excluding hydrogens is 727 g/mol. The van der Waals surface area contributed by atoms with Crippen molar-refractivity contribution in [2.45, 2.75) is 118 Å². The first kappa shape index (κ1) is 38.7. The van der Waals surface area contributed by atoms with Gasteiger partial charge in [0, 0.05) is 33.6 Å². The van der Waals surface area contributed by atoms with Crippen LogP contribution in [0, 0.1) is 13.8 Å². The lowest BCUT2D eigenvalue weighted by molar-refractivity contribution is 0.332. The summed E-state index contributed by atoms with van der Waals surface area (Å²) in [5.41, 5.74) is 23.5. The quantitative estimate of drug-likeness (QED) is 0.181. The molecule has 0 fully saturated rings. The van der Waals surface area contributed by atoms with Gasteiger partial charge in [-0.15, -0.1) is 0 Å². The SMILES string of the molecule is Cc1ccc2oc3c(c2c1)Nc1c2c(cc(C)c1-c1ccc(C(C)(C)C)cc1)N(c1ccc(C(C)(C)C)cc1-c1ccccc1)c1cc4c(cc1B32)C(C)(C)CCC4(C)C. The van der Waals surface area contributed by atoms with Crippen LogP contribution in [-0.4, -0.2) is 6.71 Å². The summed E-state index contributed by atoms with van der Waals surface area (Å²) in [6.45, 7) is 28.0. The number of furan rings is 1. The predicted molar refractivity (Wildman–Crippen MR) is 258 cm³/mol. The van der Waals surface area contributed by atoms with E-state index in [1.807, 2.05) is 0 Å².